The van der Waals surface area contributed by atoms with Crippen molar-refractivity contribution >= 4 is 70.0 Å². The van der Waals surface area contributed by atoms with Gasteiger partial charge in [0.15, 0.2) is 12.4 Å². The number of benzene rings is 2. The van der Waals surface area contributed by atoms with Crippen LogP contribution >= 0.6 is 58.0 Å². The predicted molar refractivity (Wildman–Crippen MR) is 141 cm³/mol. The molecule has 0 fully saturated rings. The van der Waals surface area contributed by atoms with Crippen LogP contribution in [0, 0.1) is 0 Å². The Morgan fingerprint density at radius 3 is 2.19 bits per heavy atom. The molecule has 1 aromatic heterocycles. The summed E-state index contributed by atoms with van der Waals surface area (Å²) in [7, 11) is 0. The van der Waals surface area contributed by atoms with E-state index in [0.29, 0.717) is 49.7 Å². The lowest BCUT2D eigenvalue weighted by atomic mass is 10.3. The van der Waals surface area contributed by atoms with E-state index in [1.165, 1.54) is 23.0 Å². The number of hydrogen-bond acceptors (Lipinski definition) is 5. The maximum Gasteiger partial charge on any atom is 0.341 e. The van der Waals surface area contributed by atoms with Crippen LogP contribution in [-0.4, -0.2) is 57.9 Å². The number of hydrogen-bond donors (Lipinski definition) is 1. The largest absolute Gasteiger partial charge is 0.489 e. The number of nitrogens with zero attached hydrogens (tertiary/aromatic N) is 3. The number of aliphatic carboxylic acids is 1. The van der Waals surface area contributed by atoms with E-state index < -0.39 is 12.6 Å². The van der Waals surface area contributed by atoms with Gasteiger partial charge in [-0.3, -0.25) is 4.57 Å². The van der Waals surface area contributed by atoms with Gasteiger partial charge in [0.2, 0.25) is 0 Å². The first-order valence-corrected chi connectivity index (χ1v) is 12.4. The second kappa shape index (κ2) is 15.0. The zero-order chi connectivity index (χ0) is 26.7. The molecule has 3 rings (SSSR count). The lowest BCUT2D eigenvalue weighted by Crippen LogP contribution is -2.37. The average molecular weight is 598 g/mol. The molecule has 0 atom stereocenters. The number of carbonyl (C=O) groups is 2. The smallest absolute Gasteiger partial charge is 0.341 e. The predicted octanol–water partition coefficient (Wildman–Crippen LogP) is 7.06. The Morgan fingerprint density at radius 1 is 0.972 bits per heavy atom. The highest BCUT2D eigenvalue weighted by Crippen LogP contribution is 2.35. The van der Waals surface area contributed by atoms with Crippen molar-refractivity contribution in [1.29, 1.82) is 0 Å². The summed E-state index contributed by atoms with van der Waals surface area (Å²) in [6, 6.07) is 7.55. The highest BCUT2D eigenvalue weighted by atomic mass is 35.5. The molecule has 0 bridgehead atoms. The molecule has 0 aliphatic rings. The molecule has 3 aromatic rings. The fourth-order valence-electron chi connectivity index (χ4n) is 2.77. The third-order valence-electron chi connectivity index (χ3n) is 4.31. The Bertz CT molecular complexity index is 1140. The van der Waals surface area contributed by atoms with Crippen LogP contribution in [0.15, 0.2) is 49.1 Å². The van der Waals surface area contributed by atoms with Crippen LogP contribution in [0.2, 0.25) is 25.1 Å². The van der Waals surface area contributed by atoms with Gasteiger partial charge in [0, 0.05) is 29.0 Å². The zero-order valence-electron chi connectivity index (χ0n) is 19.0. The highest BCUT2D eigenvalue weighted by Gasteiger charge is 2.15. The van der Waals surface area contributed by atoms with Gasteiger partial charge in [0.1, 0.15) is 18.7 Å². The summed E-state index contributed by atoms with van der Waals surface area (Å²) in [6.45, 7) is 2.87. The fraction of sp³-hybridized carbons (Fsp3) is 0.261. The number of ether oxygens (including phenoxy) is 2. The van der Waals surface area contributed by atoms with Crippen LogP contribution < -0.4 is 9.47 Å². The molecule has 1 amide bonds. The molecule has 0 saturated carbocycles. The van der Waals surface area contributed by atoms with Gasteiger partial charge < -0.3 is 19.5 Å². The van der Waals surface area contributed by atoms with Crippen molar-refractivity contribution in [2.75, 3.05) is 26.3 Å². The fourth-order valence-corrected chi connectivity index (χ4v) is 4.15. The van der Waals surface area contributed by atoms with E-state index in [2.05, 4.69) is 4.98 Å². The van der Waals surface area contributed by atoms with Gasteiger partial charge in [-0.15, -0.1) is 0 Å². The third-order valence-corrected chi connectivity index (χ3v) is 5.62. The SMILES string of the molecule is CCCN(CCOc1c(Cl)cc(Cl)cc1Cl)C(=O)n1ccnc1.O=C(O)COc1ccc(Cl)cc1Cl. The minimum absolute atomic E-state index is 0.152. The maximum absolute atomic E-state index is 12.3. The first-order chi connectivity index (χ1) is 17.1. The van der Waals surface area contributed by atoms with Crippen LogP contribution in [0.3, 0.4) is 0 Å². The molecule has 1 heterocycles. The first-order valence-electron chi connectivity index (χ1n) is 10.5. The minimum Gasteiger partial charge on any atom is -0.489 e. The van der Waals surface area contributed by atoms with Crippen molar-refractivity contribution in [3.63, 3.8) is 0 Å². The normalized spacial score (nSPS) is 10.3. The zero-order valence-corrected chi connectivity index (χ0v) is 22.7. The highest BCUT2D eigenvalue weighted by molar-refractivity contribution is 6.40. The number of aromatic nitrogens is 2. The minimum atomic E-state index is -1.05. The topological polar surface area (TPSA) is 93.9 Å². The van der Waals surface area contributed by atoms with Gasteiger partial charge in [0.25, 0.3) is 0 Å². The maximum atomic E-state index is 12.3. The van der Waals surface area contributed by atoms with E-state index in [9.17, 15) is 9.59 Å². The Morgan fingerprint density at radius 2 is 1.64 bits per heavy atom. The molecular formula is C23H22Cl5N3O5. The summed E-state index contributed by atoms with van der Waals surface area (Å²) < 4.78 is 11.9. The Balaban J connectivity index is 0.000000297. The Kier molecular flexibility index (Phi) is 12.5. The Labute approximate surface area is 233 Å². The first kappa shape index (κ1) is 29.9. The summed E-state index contributed by atoms with van der Waals surface area (Å²) in [5, 5.41) is 10.2. The molecule has 194 valence electrons. The summed E-state index contributed by atoms with van der Waals surface area (Å²) in [5.74, 6) is -0.372. The number of rotatable bonds is 9. The van der Waals surface area contributed by atoms with E-state index in [-0.39, 0.29) is 12.6 Å². The van der Waals surface area contributed by atoms with Crippen molar-refractivity contribution in [2.24, 2.45) is 0 Å². The van der Waals surface area contributed by atoms with E-state index >= 15 is 0 Å². The standard InChI is InChI=1S/C15H16Cl3N3O2.C8H6Cl2O3/c1-2-4-20(15(22)21-5-3-19-10-21)6-7-23-14-12(17)8-11(16)9-13(14)18;9-5-1-2-7(6(10)3-5)13-4-8(11)12/h3,5,8-10H,2,4,6-7H2,1H3;1-3H,4H2,(H,11,12). The summed E-state index contributed by atoms with van der Waals surface area (Å²) >= 11 is 29.3. The van der Waals surface area contributed by atoms with Gasteiger partial charge in [-0.05, 0) is 36.8 Å². The second-order valence-corrected chi connectivity index (χ2v) is 9.14. The summed E-state index contributed by atoms with van der Waals surface area (Å²) in [4.78, 5) is 28.1. The molecule has 0 aliphatic carbocycles. The number of carboxylic acid groups (broad SMARTS) is 1. The monoisotopic (exact) mass is 595 g/mol. The van der Waals surface area contributed by atoms with Crippen molar-refractivity contribution in [1.82, 2.24) is 14.5 Å². The molecular weight excluding hydrogens is 576 g/mol. The molecule has 2 aromatic carbocycles. The van der Waals surface area contributed by atoms with Gasteiger partial charge in [0.05, 0.1) is 21.6 Å². The van der Waals surface area contributed by atoms with E-state index in [4.69, 9.17) is 72.6 Å². The van der Waals surface area contributed by atoms with E-state index in [1.807, 2.05) is 6.92 Å². The van der Waals surface area contributed by atoms with Crippen molar-refractivity contribution in [2.45, 2.75) is 13.3 Å². The molecule has 0 unspecified atom stereocenters. The van der Waals surface area contributed by atoms with Crippen LogP contribution in [0.4, 0.5) is 4.79 Å². The van der Waals surface area contributed by atoms with E-state index in [0.717, 1.165) is 6.42 Å². The third kappa shape index (κ3) is 9.59. The molecule has 36 heavy (non-hydrogen) atoms. The lowest BCUT2D eigenvalue weighted by Gasteiger charge is -2.22. The Hall–Kier alpha value is -2.36. The van der Waals surface area contributed by atoms with Crippen molar-refractivity contribution in [3.05, 3.63) is 74.2 Å². The van der Waals surface area contributed by atoms with Crippen molar-refractivity contribution in [3.8, 4) is 11.5 Å². The molecule has 1 N–H and O–H groups in total. The number of carboxylic acids is 1. The van der Waals surface area contributed by atoms with Crippen LogP contribution in [-0.2, 0) is 4.79 Å². The van der Waals surface area contributed by atoms with Crippen LogP contribution in [0.5, 0.6) is 11.5 Å². The molecule has 0 radical (unpaired) electrons. The van der Waals surface area contributed by atoms with Gasteiger partial charge >= 0.3 is 12.0 Å². The van der Waals surface area contributed by atoms with Crippen molar-refractivity contribution < 1.29 is 24.2 Å². The number of imidazole rings is 1. The number of carbonyl (C=O) groups excluding carboxylic acids is 1. The molecule has 0 saturated heterocycles. The van der Waals surface area contributed by atoms with Crippen LogP contribution in [0.1, 0.15) is 13.3 Å². The van der Waals surface area contributed by atoms with Gasteiger partial charge in [-0.1, -0.05) is 64.9 Å². The average Bonchev–Trinajstić information content (AvgIpc) is 3.34. The number of halogens is 5. The number of amides is 1. The van der Waals surface area contributed by atoms with Crippen LogP contribution in [0.25, 0.3) is 0 Å². The molecule has 0 spiro atoms. The summed E-state index contributed by atoms with van der Waals surface area (Å²) in [6.07, 6.45) is 5.48. The molecule has 13 heteroatoms. The lowest BCUT2D eigenvalue weighted by molar-refractivity contribution is -0.139. The van der Waals surface area contributed by atoms with Gasteiger partial charge in [-0.2, -0.15) is 0 Å². The molecule has 0 aliphatic heterocycles. The van der Waals surface area contributed by atoms with Gasteiger partial charge in [-0.25, -0.2) is 14.6 Å². The van der Waals surface area contributed by atoms with E-state index in [1.54, 1.807) is 35.5 Å². The second-order valence-electron chi connectivity index (χ2n) is 7.04. The molecule has 8 nitrogen and oxygen atoms in total. The summed E-state index contributed by atoms with van der Waals surface area (Å²) in [5.41, 5.74) is 0. The quantitative estimate of drug-likeness (QED) is 0.284.